The molecule has 0 amide bonds. The number of esters is 2. The van der Waals surface area contributed by atoms with E-state index in [2.05, 4.69) is 13.2 Å². The third kappa shape index (κ3) is 5.34. The molecule has 0 atom stereocenters. The summed E-state index contributed by atoms with van der Waals surface area (Å²) in [7, 11) is 0. The van der Waals surface area contributed by atoms with Gasteiger partial charge in [-0.05, 0) is 41.8 Å². The van der Waals surface area contributed by atoms with E-state index < -0.39 is 23.6 Å². The first-order chi connectivity index (χ1) is 12.8. The molecule has 2 rings (SSSR count). The molecule has 0 bridgehead atoms. The van der Waals surface area contributed by atoms with Crippen LogP contribution in [0.1, 0.15) is 12.5 Å². The molecule has 0 spiro atoms. The standard InChI is InChI=1S/C21H18F2O4/c1-4-20(24)26-10-9-14-5-6-15(11-17(14)22)16-7-8-19(18(23)12-16)27-21(25)13(2)3/h4-8,11-12H,1-2,9-10H2,3H3. The molecular weight excluding hydrogens is 354 g/mol. The van der Waals surface area contributed by atoms with Crippen LogP contribution in [0.3, 0.4) is 0 Å². The Morgan fingerprint density at radius 1 is 1.07 bits per heavy atom. The van der Waals surface area contributed by atoms with E-state index in [4.69, 9.17) is 9.47 Å². The number of hydrogen-bond acceptors (Lipinski definition) is 4. The van der Waals surface area contributed by atoms with Gasteiger partial charge in [0.05, 0.1) is 6.61 Å². The summed E-state index contributed by atoms with van der Waals surface area (Å²) < 4.78 is 38.1. The third-order valence-electron chi connectivity index (χ3n) is 3.65. The van der Waals surface area contributed by atoms with Crippen LogP contribution in [0.2, 0.25) is 0 Å². The van der Waals surface area contributed by atoms with Gasteiger partial charge >= 0.3 is 11.9 Å². The van der Waals surface area contributed by atoms with Gasteiger partial charge in [0, 0.05) is 18.1 Å². The van der Waals surface area contributed by atoms with E-state index in [-0.39, 0.29) is 24.4 Å². The zero-order chi connectivity index (χ0) is 20.0. The van der Waals surface area contributed by atoms with E-state index in [0.717, 1.165) is 12.1 Å². The summed E-state index contributed by atoms with van der Waals surface area (Å²) in [6.07, 6.45) is 1.24. The van der Waals surface area contributed by atoms with Gasteiger partial charge in [0.25, 0.3) is 0 Å². The molecule has 0 aromatic heterocycles. The Morgan fingerprint density at radius 2 is 1.70 bits per heavy atom. The quantitative estimate of drug-likeness (QED) is 0.411. The Balaban J connectivity index is 2.14. The summed E-state index contributed by atoms with van der Waals surface area (Å²) in [4.78, 5) is 22.5. The summed E-state index contributed by atoms with van der Waals surface area (Å²) in [5, 5.41) is 0. The molecule has 6 heteroatoms. The van der Waals surface area contributed by atoms with Gasteiger partial charge in [-0.15, -0.1) is 0 Å². The predicted octanol–water partition coefficient (Wildman–Crippen LogP) is 4.39. The summed E-state index contributed by atoms with van der Waals surface area (Å²) in [6, 6.07) is 8.40. The number of benzene rings is 2. The molecule has 27 heavy (non-hydrogen) atoms. The van der Waals surface area contributed by atoms with Crippen LogP contribution in [0, 0.1) is 11.6 Å². The Labute approximate surface area is 155 Å². The number of carbonyl (C=O) groups is 2. The Hall–Kier alpha value is -3.28. The molecule has 0 aliphatic carbocycles. The van der Waals surface area contributed by atoms with Gasteiger partial charge in [-0.1, -0.05) is 31.4 Å². The van der Waals surface area contributed by atoms with E-state index in [9.17, 15) is 18.4 Å². The monoisotopic (exact) mass is 372 g/mol. The highest BCUT2D eigenvalue weighted by Crippen LogP contribution is 2.27. The minimum Gasteiger partial charge on any atom is -0.462 e. The molecule has 0 unspecified atom stereocenters. The van der Waals surface area contributed by atoms with Crippen molar-refractivity contribution in [2.45, 2.75) is 13.3 Å². The average Bonchev–Trinajstić information content (AvgIpc) is 2.64. The van der Waals surface area contributed by atoms with Crippen LogP contribution < -0.4 is 4.74 Å². The lowest BCUT2D eigenvalue weighted by Gasteiger charge is -2.09. The molecule has 0 radical (unpaired) electrons. The summed E-state index contributed by atoms with van der Waals surface area (Å²) in [5.41, 5.74) is 1.39. The molecule has 2 aromatic rings. The summed E-state index contributed by atoms with van der Waals surface area (Å²) in [5.74, 6) is -2.78. The van der Waals surface area contributed by atoms with Crippen molar-refractivity contribution in [3.05, 3.63) is 78.4 Å². The van der Waals surface area contributed by atoms with Gasteiger partial charge < -0.3 is 9.47 Å². The predicted molar refractivity (Wildman–Crippen MR) is 97.1 cm³/mol. The zero-order valence-corrected chi connectivity index (χ0v) is 14.8. The molecule has 140 valence electrons. The first-order valence-electron chi connectivity index (χ1n) is 8.07. The van der Waals surface area contributed by atoms with Crippen LogP contribution >= 0.6 is 0 Å². The van der Waals surface area contributed by atoms with E-state index in [1.165, 1.54) is 25.1 Å². The van der Waals surface area contributed by atoms with Crippen molar-refractivity contribution in [1.29, 1.82) is 0 Å². The fraction of sp³-hybridized carbons (Fsp3) is 0.143. The second-order valence-corrected chi connectivity index (χ2v) is 5.74. The van der Waals surface area contributed by atoms with Crippen LogP contribution in [0.25, 0.3) is 11.1 Å². The molecule has 0 fully saturated rings. The maximum absolute atomic E-state index is 14.2. The minimum atomic E-state index is -0.747. The van der Waals surface area contributed by atoms with Crippen LogP contribution in [0.15, 0.2) is 61.2 Å². The molecule has 0 heterocycles. The highest BCUT2D eigenvalue weighted by atomic mass is 19.1. The van der Waals surface area contributed by atoms with Crippen molar-refractivity contribution in [2.24, 2.45) is 0 Å². The third-order valence-corrected chi connectivity index (χ3v) is 3.65. The lowest BCUT2D eigenvalue weighted by molar-refractivity contribution is -0.137. The normalized spacial score (nSPS) is 10.2. The number of hydrogen-bond donors (Lipinski definition) is 0. The van der Waals surface area contributed by atoms with Crippen LogP contribution in [0.4, 0.5) is 8.78 Å². The largest absolute Gasteiger partial charge is 0.462 e. The maximum atomic E-state index is 14.2. The average molecular weight is 372 g/mol. The number of halogens is 2. The molecule has 0 saturated carbocycles. The summed E-state index contributed by atoms with van der Waals surface area (Å²) in [6.45, 7) is 8.19. The van der Waals surface area contributed by atoms with Crippen LogP contribution in [-0.2, 0) is 20.7 Å². The van der Waals surface area contributed by atoms with Gasteiger partial charge in [0.1, 0.15) is 5.82 Å². The molecule has 4 nitrogen and oxygen atoms in total. The Kier molecular flexibility index (Phi) is 6.60. The van der Waals surface area contributed by atoms with Crippen molar-refractivity contribution < 1.29 is 27.8 Å². The van der Waals surface area contributed by atoms with Crippen molar-refractivity contribution >= 4 is 11.9 Å². The SMILES string of the molecule is C=CC(=O)OCCc1ccc(-c2ccc(OC(=O)C(=C)C)c(F)c2)cc1F. The number of carbonyl (C=O) groups excluding carboxylic acids is 2. The first-order valence-corrected chi connectivity index (χ1v) is 8.07. The van der Waals surface area contributed by atoms with Crippen molar-refractivity contribution in [1.82, 2.24) is 0 Å². The smallest absolute Gasteiger partial charge is 0.338 e. The molecule has 0 saturated heterocycles. The molecule has 0 aliphatic rings. The van der Waals surface area contributed by atoms with Crippen LogP contribution in [-0.4, -0.2) is 18.5 Å². The Bertz CT molecular complexity index is 903. The van der Waals surface area contributed by atoms with Crippen molar-refractivity contribution in [3.63, 3.8) is 0 Å². The zero-order valence-electron chi connectivity index (χ0n) is 14.8. The highest BCUT2D eigenvalue weighted by Gasteiger charge is 2.12. The van der Waals surface area contributed by atoms with Crippen molar-refractivity contribution in [2.75, 3.05) is 6.61 Å². The van der Waals surface area contributed by atoms with Gasteiger partial charge in [-0.25, -0.2) is 18.4 Å². The fourth-order valence-corrected chi connectivity index (χ4v) is 2.20. The van der Waals surface area contributed by atoms with Crippen molar-refractivity contribution in [3.8, 4) is 16.9 Å². The van der Waals surface area contributed by atoms with Gasteiger partial charge in [-0.3, -0.25) is 0 Å². The fourth-order valence-electron chi connectivity index (χ4n) is 2.20. The lowest BCUT2D eigenvalue weighted by atomic mass is 10.0. The first kappa shape index (κ1) is 20.0. The van der Waals surface area contributed by atoms with E-state index >= 15 is 0 Å². The highest BCUT2D eigenvalue weighted by molar-refractivity contribution is 5.88. The second kappa shape index (κ2) is 8.89. The minimum absolute atomic E-state index is 0.0263. The van der Waals surface area contributed by atoms with E-state index in [0.29, 0.717) is 16.7 Å². The Morgan fingerprint density at radius 3 is 2.26 bits per heavy atom. The van der Waals surface area contributed by atoms with Crippen LogP contribution in [0.5, 0.6) is 5.75 Å². The summed E-state index contributed by atoms with van der Waals surface area (Å²) >= 11 is 0. The van der Waals surface area contributed by atoms with E-state index in [1.54, 1.807) is 12.1 Å². The molecule has 0 aliphatic heterocycles. The molecular formula is C21H18F2O4. The topological polar surface area (TPSA) is 52.6 Å². The molecule has 2 aromatic carbocycles. The van der Waals surface area contributed by atoms with Gasteiger partial charge in [0.15, 0.2) is 11.6 Å². The number of ether oxygens (including phenoxy) is 2. The van der Waals surface area contributed by atoms with Gasteiger partial charge in [-0.2, -0.15) is 0 Å². The van der Waals surface area contributed by atoms with E-state index in [1.807, 2.05) is 0 Å². The van der Waals surface area contributed by atoms with Gasteiger partial charge in [0.2, 0.25) is 0 Å². The maximum Gasteiger partial charge on any atom is 0.338 e. The number of rotatable bonds is 7. The molecule has 0 N–H and O–H groups in total. The second-order valence-electron chi connectivity index (χ2n) is 5.74. The lowest BCUT2D eigenvalue weighted by Crippen LogP contribution is -2.09.